The molecule has 0 spiro atoms. The molecule has 0 fully saturated rings. The summed E-state index contributed by atoms with van der Waals surface area (Å²) in [4.78, 5) is 0. The van der Waals surface area contributed by atoms with Gasteiger partial charge in [0.1, 0.15) is 0 Å². The molecule has 4 heteroatoms. The smallest absolute Gasteiger partial charge is 0.0841 e. The van der Waals surface area contributed by atoms with Gasteiger partial charge in [0.25, 0.3) is 0 Å². The molecule has 1 nitrogen and oxygen atoms in total. The van der Waals surface area contributed by atoms with Crippen LogP contribution < -0.4 is 0 Å². The van der Waals surface area contributed by atoms with Crippen molar-refractivity contribution in [1.29, 1.82) is 0 Å². The summed E-state index contributed by atoms with van der Waals surface area (Å²) in [5.74, 6) is 0. The van der Waals surface area contributed by atoms with Crippen molar-refractivity contribution in [3.05, 3.63) is 67.2 Å². The summed E-state index contributed by atoms with van der Waals surface area (Å²) in [5, 5.41) is 11.4. The Balaban J connectivity index is 2.21. The van der Waals surface area contributed by atoms with Gasteiger partial charge in [0, 0.05) is 20.0 Å². The van der Waals surface area contributed by atoms with Crippen molar-refractivity contribution < 1.29 is 5.11 Å². The van der Waals surface area contributed by atoms with Crippen molar-refractivity contribution in [2.75, 3.05) is 0 Å². The third-order valence-electron chi connectivity index (χ3n) is 2.69. The van der Waals surface area contributed by atoms with E-state index in [1.165, 1.54) is 0 Å². The molecule has 0 bridgehead atoms. The highest BCUT2D eigenvalue weighted by molar-refractivity contribution is 14.1. The van der Waals surface area contributed by atoms with Crippen LogP contribution in [0.5, 0.6) is 0 Å². The normalized spacial score (nSPS) is 12.4. The van der Waals surface area contributed by atoms with Gasteiger partial charge in [-0.2, -0.15) is 0 Å². The summed E-state index contributed by atoms with van der Waals surface area (Å²) >= 11 is 14.2. The number of aliphatic hydroxyl groups is 1. The first-order valence-electron chi connectivity index (χ1n) is 5.44. The van der Waals surface area contributed by atoms with Crippen LogP contribution in [0, 0.1) is 3.57 Å². The molecule has 0 radical (unpaired) electrons. The van der Waals surface area contributed by atoms with Gasteiger partial charge < -0.3 is 5.11 Å². The second-order valence-electron chi connectivity index (χ2n) is 3.98. The third-order valence-corrected chi connectivity index (χ3v) is 4.26. The van der Waals surface area contributed by atoms with Gasteiger partial charge >= 0.3 is 0 Å². The van der Waals surface area contributed by atoms with E-state index in [-0.39, 0.29) is 0 Å². The number of hydrogen-bond acceptors (Lipinski definition) is 1. The maximum atomic E-state index is 10.3. The van der Waals surface area contributed by atoms with E-state index in [4.69, 9.17) is 23.2 Å². The summed E-state index contributed by atoms with van der Waals surface area (Å²) in [6, 6.07) is 13.1. The number of hydrogen-bond donors (Lipinski definition) is 1. The minimum absolute atomic E-state index is 0.482. The van der Waals surface area contributed by atoms with Crippen molar-refractivity contribution in [1.82, 2.24) is 0 Å². The number of rotatable bonds is 3. The van der Waals surface area contributed by atoms with Crippen LogP contribution in [0.2, 0.25) is 10.0 Å². The van der Waals surface area contributed by atoms with E-state index in [0.717, 1.165) is 14.7 Å². The fraction of sp³-hybridized carbons (Fsp3) is 0.143. The van der Waals surface area contributed by atoms with E-state index >= 15 is 0 Å². The summed E-state index contributed by atoms with van der Waals surface area (Å²) < 4.78 is 1.05. The molecule has 0 saturated heterocycles. The van der Waals surface area contributed by atoms with Crippen LogP contribution in [0.1, 0.15) is 17.2 Å². The van der Waals surface area contributed by atoms with Crippen LogP contribution in [0.3, 0.4) is 0 Å². The molecular weight excluding hydrogens is 382 g/mol. The molecule has 2 aromatic rings. The summed E-state index contributed by atoms with van der Waals surface area (Å²) in [6.45, 7) is 0. The van der Waals surface area contributed by atoms with Crippen LogP contribution in [-0.2, 0) is 6.42 Å². The third kappa shape index (κ3) is 3.38. The Hall–Kier alpha value is -0.290. The van der Waals surface area contributed by atoms with Crippen molar-refractivity contribution in [3.63, 3.8) is 0 Å². The maximum Gasteiger partial charge on any atom is 0.0841 e. The predicted octanol–water partition coefficient (Wildman–Crippen LogP) is 4.87. The van der Waals surface area contributed by atoms with Gasteiger partial charge in [-0.15, -0.1) is 0 Å². The molecule has 0 aromatic heterocycles. The van der Waals surface area contributed by atoms with Crippen molar-refractivity contribution in [2.45, 2.75) is 12.5 Å². The lowest BCUT2D eigenvalue weighted by atomic mass is 10.0. The van der Waals surface area contributed by atoms with E-state index in [0.29, 0.717) is 16.5 Å². The van der Waals surface area contributed by atoms with Crippen LogP contribution in [0.25, 0.3) is 0 Å². The number of benzene rings is 2. The second kappa shape index (κ2) is 6.24. The van der Waals surface area contributed by atoms with Crippen molar-refractivity contribution in [2.24, 2.45) is 0 Å². The lowest BCUT2D eigenvalue weighted by Crippen LogP contribution is -2.04. The molecule has 18 heavy (non-hydrogen) atoms. The minimum atomic E-state index is -0.559. The largest absolute Gasteiger partial charge is 0.388 e. The molecule has 0 aliphatic heterocycles. The molecule has 2 aromatic carbocycles. The molecule has 1 atom stereocenters. The standard InChI is InChI=1S/C14H11Cl2IO/c15-10-6-5-9(12(16)8-10)7-14(18)11-3-1-2-4-13(11)17/h1-6,8,14,18H,7H2. The highest BCUT2D eigenvalue weighted by Gasteiger charge is 2.13. The molecule has 0 saturated carbocycles. The van der Waals surface area contributed by atoms with Crippen molar-refractivity contribution in [3.8, 4) is 0 Å². The monoisotopic (exact) mass is 392 g/mol. The van der Waals surface area contributed by atoms with Gasteiger partial charge in [-0.05, 0) is 51.9 Å². The quantitative estimate of drug-likeness (QED) is 0.738. The molecule has 0 amide bonds. The number of aliphatic hydroxyl groups excluding tert-OH is 1. The highest BCUT2D eigenvalue weighted by atomic mass is 127. The Morgan fingerprint density at radius 2 is 1.83 bits per heavy atom. The SMILES string of the molecule is OC(Cc1ccc(Cl)cc1Cl)c1ccccc1I. The van der Waals surface area contributed by atoms with E-state index < -0.39 is 6.10 Å². The first kappa shape index (κ1) is 14.1. The number of halogens is 3. The zero-order chi connectivity index (χ0) is 13.1. The summed E-state index contributed by atoms with van der Waals surface area (Å²) in [5.41, 5.74) is 1.82. The Labute approximate surface area is 130 Å². The van der Waals surface area contributed by atoms with Crippen LogP contribution in [0.15, 0.2) is 42.5 Å². The molecule has 0 aliphatic carbocycles. The summed E-state index contributed by atoms with van der Waals surface area (Å²) in [6.07, 6.45) is -0.0764. The average molecular weight is 393 g/mol. The molecule has 0 heterocycles. The molecule has 0 aliphatic rings. The van der Waals surface area contributed by atoms with Crippen LogP contribution in [-0.4, -0.2) is 5.11 Å². The summed E-state index contributed by atoms with van der Waals surface area (Å²) in [7, 11) is 0. The molecule has 1 N–H and O–H groups in total. The van der Waals surface area contributed by atoms with Crippen LogP contribution in [0.4, 0.5) is 0 Å². The Kier molecular flexibility index (Phi) is 4.90. The Morgan fingerprint density at radius 3 is 2.50 bits per heavy atom. The zero-order valence-corrected chi connectivity index (χ0v) is 13.1. The average Bonchev–Trinajstić information content (AvgIpc) is 2.33. The molecule has 94 valence electrons. The fourth-order valence-electron chi connectivity index (χ4n) is 1.75. The molecule has 2 rings (SSSR count). The zero-order valence-electron chi connectivity index (χ0n) is 9.41. The first-order valence-corrected chi connectivity index (χ1v) is 7.28. The van der Waals surface area contributed by atoms with E-state index in [1.807, 2.05) is 30.3 Å². The minimum Gasteiger partial charge on any atom is -0.388 e. The van der Waals surface area contributed by atoms with E-state index in [1.54, 1.807) is 12.1 Å². The van der Waals surface area contributed by atoms with Gasteiger partial charge in [-0.1, -0.05) is 47.5 Å². The lowest BCUT2D eigenvalue weighted by molar-refractivity contribution is 0.177. The lowest BCUT2D eigenvalue weighted by Gasteiger charge is -2.14. The first-order chi connectivity index (χ1) is 8.58. The van der Waals surface area contributed by atoms with Gasteiger partial charge in [-0.25, -0.2) is 0 Å². The van der Waals surface area contributed by atoms with Crippen LogP contribution >= 0.6 is 45.8 Å². The predicted molar refractivity (Wildman–Crippen MR) is 84.3 cm³/mol. The van der Waals surface area contributed by atoms with Gasteiger partial charge in [0.2, 0.25) is 0 Å². The topological polar surface area (TPSA) is 20.2 Å². The highest BCUT2D eigenvalue weighted by Crippen LogP contribution is 2.27. The molecule has 1 unspecified atom stereocenters. The maximum absolute atomic E-state index is 10.3. The van der Waals surface area contributed by atoms with E-state index in [9.17, 15) is 5.11 Å². The second-order valence-corrected chi connectivity index (χ2v) is 5.98. The van der Waals surface area contributed by atoms with Gasteiger partial charge in [-0.3, -0.25) is 0 Å². The molecular formula is C14H11Cl2IO. The van der Waals surface area contributed by atoms with Gasteiger partial charge in [0.05, 0.1) is 6.10 Å². The Bertz CT molecular complexity index is 557. The van der Waals surface area contributed by atoms with Gasteiger partial charge in [0.15, 0.2) is 0 Å². The Morgan fingerprint density at radius 1 is 1.11 bits per heavy atom. The van der Waals surface area contributed by atoms with Crippen molar-refractivity contribution >= 4 is 45.8 Å². The fourth-order valence-corrected chi connectivity index (χ4v) is 2.98. The van der Waals surface area contributed by atoms with E-state index in [2.05, 4.69) is 22.6 Å².